The Morgan fingerprint density at radius 2 is 1.80 bits per heavy atom. The van der Waals surface area contributed by atoms with Gasteiger partial charge in [0, 0.05) is 35.1 Å². The highest BCUT2D eigenvalue weighted by Gasteiger charge is 2.23. The number of phenolic OH excluding ortho intramolecular Hbond substituents is 1. The van der Waals surface area contributed by atoms with Gasteiger partial charge in [-0.1, -0.05) is 6.07 Å². The van der Waals surface area contributed by atoms with Crippen LogP contribution in [0.2, 0.25) is 0 Å². The molecule has 0 aliphatic heterocycles. The molecule has 0 saturated carbocycles. The summed E-state index contributed by atoms with van der Waals surface area (Å²) in [5.41, 5.74) is 10.7. The Morgan fingerprint density at radius 3 is 2.54 bits per heavy atom. The second-order valence-corrected chi connectivity index (χ2v) is 9.69. The van der Waals surface area contributed by atoms with Gasteiger partial charge in [0.2, 0.25) is 5.91 Å². The first-order chi connectivity index (χ1) is 19.8. The van der Waals surface area contributed by atoms with Crippen LogP contribution in [0.3, 0.4) is 0 Å². The molecule has 1 atom stereocenters. The minimum absolute atomic E-state index is 0.0963. The summed E-state index contributed by atoms with van der Waals surface area (Å²) in [6, 6.07) is 19.1. The molecule has 10 nitrogen and oxygen atoms in total. The zero-order chi connectivity index (χ0) is 29.1. The molecule has 2 aromatic heterocycles. The van der Waals surface area contributed by atoms with Gasteiger partial charge < -0.3 is 30.9 Å². The third-order valence-corrected chi connectivity index (χ3v) is 6.86. The standard InChI is InChI=1S/C31H32N6O4/c1-18-13-19(2)37(36-18)26-9-7-24(38)15-22(26)17-34-31(39)29(21-5-10-27(40-3)28(16-21)41-4)35-23-6-8-25-20(14-23)11-12-33-30(25)32/h5-16,29,35,38H,17H2,1-4H3,(H2,32,33)(H,34,39). The first kappa shape index (κ1) is 27.3. The highest BCUT2D eigenvalue weighted by molar-refractivity contribution is 5.94. The molecule has 210 valence electrons. The van der Waals surface area contributed by atoms with Crippen molar-refractivity contribution in [3.8, 4) is 22.9 Å². The zero-order valence-electron chi connectivity index (χ0n) is 23.3. The van der Waals surface area contributed by atoms with E-state index in [1.54, 1.807) is 55.4 Å². The number of rotatable bonds is 9. The van der Waals surface area contributed by atoms with Gasteiger partial charge in [-0.15, -0.1) is 0 Å². The van der Waals surface area contributed by atoms with E-state index in [2.05, 4.69) is 20.7 Å². The van der Waals surface area contributed by atoms with Gasteiger partial charge in [-0.25, -0.2) is 9.67 Å². The lowest BCUT2D eigenvalue weighted by Crippen LogP contribution is -2.33. The van der Waals surface area contributed by atoms with E-state index in [-0.39, 0.29) is 18.2 Å². The molecule has 0 saturated heterocycles. The van der Waals surface area contributed by atoms with Gasteiger partial charge in [0.25, 0.3) is 0 Å². The van der Waals surface area contributed by atoms with Crippen molar-refractivity contribution >= 4 is 28.2 Å². The highest BCUT2D eigenvalue weighted by atomic mass is 16.5. The summed E-state index contributed by atoms with van der Waals surface area (Å²) in [5.74, 6) is 1.31. The second kappa shape index (κ2) is 11.5. The van der Waals surface area contributed by atoms with Crippen molar-refractivity contribution in [2.45, 2.75) is 26.4 Å². The number of carbonyl (C=O) groups is 1. The number of pyridine rings is 1. The maximum atomic E-state index is 13.8. The summed E-state index contributed by atoms with van der Waals surface area (Å²) in [7, 11) is 3.11. The molecular weight excluding hydrogens is 520 g/mol. The molecule has 0 spiro atoms. The summed E-state index contributed by atoms with van der Waals surface area (Å²) in [6.45, 7) is 4.04. The number of aromatic nitrogens is 3. The van der Waals surface area contributed by atoms with E-state index in [9.17, 15) is 9.90 Å². The van der Waals surface area contributed by atoms with E-state index in [0.717, 1.165) is 33.5 Å². The van der Waals surface area contributed by atoms with Crippen molar-refractivity contribution in [3.63, 3.8) is 0 Å². The number of nitrogens with one attached hydrogen (secondary N) is 2. The van der Waals surface area contributed by atoms with Crippen molar-refractivity contribution in [1.29, 1.82) is 0 Å². The molecule has 0 aliphatic carbocycles. The van der Waals surface area contributed by atoms with E-state index in [4.69, 9.17) is 15.2 Å². The quantitative estimate of drug-likeness (QED) is 0.205. The van der Waals surface area contributed by atoms with Gasteiger partial charge in [-0.3, -0.25) is 4.79 Å². The van der Waals surface area contributed by atoms with Crippen LogP contribution in [0.25, 0.3) is 16.5 Å². The van der Waals surface area contributed by atoms with Gasteiger partial charge in [-0.2, -0.15) is 5.10 Å². The molecule has 41 heavy (non-hydrogen) atoms. The number of ether oxygens (including phenoxy) is 2. The molecule has 1 amide bonds. The summed E-state index contributed by atoms with van der Waals surface area (Å²) in [6.07, 6.45) is 1.65. The molecular formula is C31H32N6O4. The first-order valence-electron chi connectivity index (χ1n) is 13.0. The van der Waals surface area contributed by atoms with Crippen LogP contribution >= 0.6 is 0 Å². The summed E-state index contributed by atoms with van der Waals surface area (Å²) < 4.78 is 12.7. The number of aromatic hydroxyl groups is 1. The Morgan fingerprint density at radius 1 is 1.00 bits per heavy atom. The molecule has 0 bridgehead atoms. The molecule has 1 unspecified atom stereocenters. The lowest BCUT2D eigenvalue weighted by molar-refractivity contribution is -0.122. The van der Waals surface area contributed by atoms with Crippen LogP contribution in [0, 0.1) is 13.8 Å². The van der Waals surface area contributed by atoms with E-state index in [1.165, 1.54) is 0 Å². The van der Waals surface area contributed by atoms with Gasteiger partial charge in [-0.05, 0) is 85.5 Å². The molecule has 0 radical (unpaired) electrons. The van der Waals surface area contributed by atoms with Crippen LogP contribution in [-0.4, -0.2) is 40.0 Å². The third kappa shape index (κ3) is 5.72. The number of nitrogens with two attached hydrogens (primary N) is 1. The fraction of sp³-hybridized carbons (Fsp3) is 0.194. The molecule has 5 aromatic rings. The smallest absolute Gasteiger partial charge is 0.247 e. The summed E-state index contributed by atoms with van der Waals surface area (Å²) in [5, 5.41) is 22.9. The molecule has 2 heterocycles. The van der Waals surface area contributed by atoms with Crippen molar-refractivity contribution in [3.05, 3.63) is 95.4 Å². The highest BCUT2D eigenvalue weighted by Crippen LogP contribution is 2.32. The lowest BCUT2D eigenvalue weighted by atomic mass is 10.0. The van der Waals surface area contributed by atoms with E-state index < -0.39 is 6.04 Å². The Bertz CT molecular complexity index is 1730. The minimum Gasteiger partial charge on any atom is -0.508 e. The van der Waals surface area contributed by atoms with E-state index >= 15 is 0 Å². The van der Waals surface area contributed by atoms with Gasteiger partial charge in [0.15, 0.2) is 11.5 Å². The first-order valence-corrected chi connectivity index (χ1v) is 13.0. The fourth-order valence-corrected chi connectivity index (χ4v) is 4.87. The lowest BCUT2D eigenvalue weighted by Gasteiger charge is -2.22. The van der Waals surface area contributed by atoms with Gasteiger partial charge in [0.05, 0.1) is 25.6 Å². The van der Waals surface area contributed by atoms with Crippen LogP contribution in [-0.2, 0) is 11.3 Å². The topological polar surface area (TPSA) is 137 Å². The summed E-state index contributed by atoms with van der Waals surface area (Å²) >= 11 is 0. The van der Waals surface area contributed by atoms with Crippen molar-refractivity contribution < 1.29 is 19.4 Å². The zero-order valence-corrected chi connectivity index (χ0v) is 23.3. The molecule has 3 aromatic carbocycles. The number of methoxy groups -OCH3 is 2. The Hall–Kier alpha value is -5.25. The van der Waals surface area contributed by atoms with Crippen molar-refractivity contribution in [2.75, 3.05) is 25.3 Å². The monoisotopic (exact) mass is 552 g/mol. The number of phenols is 1. The Labute approximate surface area is 237 Å². The number of aryl methyl sites for hydroxylation is 2. The number of amides is 1. The third-order valence-electron chi connectivity index (χ3n) is 6.86. The van der Waals surface area contributed by atoms with Crippen LogP contribution in [0.4, 0.5) is 11.5 Å². The van der Waals surface area contributed by atoms with Gasteiger partial charge >= 0.3 is 0 Å². The average molecular weight is 553 g/mol. The van der Waals surface area contributed by atoms with Crippen molar-refractivity contribution in [2.24, 2.45) is 0 Å². The number of fused-ring (bicyclic) bond motifs is 1. The minimum atomic E-state index is -0.791. The Kier molecular flexibility index (Phi) is 7.64. The Balaban J connectivity index is 1.48. The van der Waals surface area contributed by atoms with Crippen molar-refractivity contribution in [1.82, 2.24) is 20.1 Å². The molecule has 0 aliphatic rings. The average Bonchev–Trinajstić information content (AvgIpc) is 3.31. The normalized spacial score (nSPS) is 11.7. The number of anilines is 2. The summed E-state index contributed by atoms with van der Waals surface area (Å²) in [4.78, 5) is 18.0. The van der Waals surface area contributed by atoms with E-state index in [0.29, 0.717) is 28.4 Å². The van der Waals surface area contributed by atoms with Crippen LogP contribution in [0.1, 0.15) is 28.6 Å². The van der Waals surface area contributed by atoms with Crippen LogP contribution in [0.5, 0.6) is 17.2 Å². The molecule has 0 fully saturated rings. The number of nitrogens with zero attached hydrogens (tertiary/aromatic N) is 3. The number of nitrogen functional groups attached to an aromatic ring is 1. The predicted molar refractivity (Wildman–Crippen MR) is 159 cm³/mol. The van der Waals surface area contributed by atoms with Crippen LogP contribution in [0.15, 0.2) is 72.9 Å². The number of hydrogen-bond donors (Lipinski definition) is 4. The molecule has 10 heteroatoms. The number of carbonyl (C=O) groups excluding carboxylic acids is 1. The van der Waals surface area contributed by atoms with Crippen LogP contribution < -0.4 is 25.8 Å². The fourth-order valence-electron chi connectivity index (χ4n) is 4.87. The molecule has 5 N–H and O–H groups in total. The second-order valence-electron chi connectivity index (χ2n) is 9.69. The number of hydrogen-bond acceptors (Lipinski definition) is 8. The maximum absolute atomic E-state index is 13.8. The van der Waals surface area contributed by atoms with Gasteiger partial charge in [0.1, 0.15) is 17.6 Å². The van der Waals surface area contributed by atoms with E-state index in [1.807, 2.05) is 50.2 Å². The SMILES string of the molecule is COc1ccc(C(Nc2ccc3c(N)nccc3c2)C(=O)NCc2cc(O)ccc2-n2nc(C)cc2C)cc1OC. The largest absolute Gasteiger partial charge is 0.508 e. The maximum Gasteiger partial charge on any atom is 0.247 e. The predicted octanol–water partition coefficient (Wildman–Crippen LogP) is 4.81. The number of benzene rings is 3. The molecule has 5 rings (SSSR count).